The number of hydrogen-bond donors (Lipinski definition) is 1. The highest BCUT2D eigenvalue weighted by molar-refractivity contribution is 6.04. The van der Waals surface area contributed by atoms with Crippen LogP contribution in [0.1, 0.15) is 17.4 Å². The van der Waals surface area contributed by atoms with E-state index in [2.05, 4.69) is 10.4 Å². The zero-order valence-electron chi connectivity index (χ0n) is 15.3. The van der Waals surface area contributed by atoms with Crippen molar-refractivity contribution in [1.29, 1.82) is 0 Å². The third kappa shape index (κ3) is 4.17. The summed E-state index contributed by atoms with van der Waals surface area (Å²) in [4.78, 5) is 25.0. The standard InChI is InChI=1S/C20H18FN3O4/c1-3-28-16-10-6-14(7-11-16)22-20(26)19-17(27-2)12-18(25)24(23-19)15-8-4-13(21)5-9-15/h4-12H,3H2,1-2H3,(H,22,26). The molecule has 0 radical (unpaired) electrons. The molecule has 2 aromatic carbocycles. The van der Waals surface area contributed by atoms with Crippen LogP contribution in [0.2, 0.25) is 0 Å². The molecule has 0 unspecified atom stereocenters. The molecule has 1 heterocycles. The van der Waals surface area contributed by atoms with Gasteiger partial charge in [-0.15, -0.1) is 0 Å². The van der Waals surface area contributed by atoms with E-state index in [-0.39, 0.29) is 11.4 Å². The number of methoxy groups -OCH3 is 1. The van der Waals surface area contributed by atoms with Gasteiger partial charge in [-0.3, -0.25) is 9.59 Å². The molecule has 144 valence electrons. The van der Waals surface area contributed by atoms with Crippen LogP contribution in [0.25, 0.3) is 5.69 Å². The van der Waals surface area contributed by atoms with Gasteiger partial charge >= 0.3 is 0 Å². The number of carbonyl (C=O) groups excluding carboxylic acids is 1. The molecule has 1 aromatic heterocycles. The summed E-state index contributed by atoms with van der Waals surface area (Å²) in [5.74, 6) is -0.288. The zero-order valence-corrected chi connectivity index (χ0v) is 15.3. The van der Waals surface area contributed by atoms with Crippen LogP contribution < -0.4 is 20.3 Å². The van der Waals surface area contributed by atoms with Crippen molar-refractivity contribution in [2.24, 2.45) is 0 Å². The van der Waals surface area contributed by atoms with Crippen LogP contribution in [0.15, 0.2) is 59.4 Å². The first kappa shape index (κ1) is 19.1. The quantitative estimate of drug-likeness (QED) is 0.708. The summed E-state index contributed by atoms with van der Waals surface area (Å²) in [7, 11) is 1.34. The number of benzene rings is 2. The Morgan fingerprint density at radius 3 is 2.43 bits per heavy atom. The molecule has 3 aromatic rings. The summed E-state index contributed by atoms with van der Waals surface area (Å²) >= 11 is 0. The Labute approximate surface area is 160 Å². The second kappa shape index (κ2) is 8.34. The Morgan fingerprint density at radius 2 is 1.82 bits per heavy atom. The predicted octanol–water partition coefficient (Wildman–Crippen LogP) is 3.03. The molecule has 0 saturated carbocycles. The second-order valence-electron chi connectivity index (χ2n) is 5.70. The van der Waals surface area contributed by atoms with Crippen LogP contribution in [0.3, 0.4) is 0 Å². The Balaban J connectivity index is 1.93. The maximum absolute atomic E-state index is 13.1. The number of nitrogens with zero attached hydrogens (tertiary/aromatic N) is 2. The van der Waals surface area contributed by atoms with E-state index in [0.29, 0.717) is 23.7 Å². The van der Waals surface area contributed by atoms with E-state index in [4.69, 9.17) is 9.47 Å². The maximum Gasteiger partial charge on any atom is 0.280 e. The van der Waals surface area contributed by atoms with Gasteiger partial charge in [0.2, 0.25) is 0 Å². The lowest BCUT2D eigenvalue weighted by Gasteiger charge is -2.12. The summed E-state index contributed by atoms with van der Waals surface area (Å²) in [6, 6.07) is 13.2. The van der Waals surface area contributed by atoms with Gasteiger partial charge in [0.15, 0.2) is 11.4 Å². The Bertz CT molecular complexity index is 1030. The van der Waals surface area contributed by atoms with Gasteiger partial charge in [-0.05, 0) is 55.5 Å². The number of ether oxygens (including phenoxy) is 2. The monoisotopic (exact) mass is 383 g/mol. The topological polar surface area (TPSA) is 82.5 Å². The van der Waals surface area contributed by atoms with Crippen molar-refractivity contribution < 1.29 is 18.7 Å². The average molecular weight is 383 g/mol. The number of hydrogen-bond acceptors (Lipinski definition) is 5. The fraction of sp³-hybridized carbons (Fsp3) is 0.150. The SMILES string of the molecule is CCOc1ccc(NC(=O)c2nn(-c3ccc(F)cc3)c(=O)cc2OC)cc1. The molecule has 0 spiro atoms. The van der Waals surface area contributed by atoms with E-state index in [0.717, 1.165) is 10.7 Å². The van der Waals surface area contributed by atoms with Crippen molar-refractivity contribution in [2.75, 3.05) is 19.0 Å². The lowest BCUT2D eigenvalue weighted by atomic mass is 10.2. The van der Waals surface area contributed by atoms with Gasteiger partial charge in [-0.2, -0.15) is 9.78 Å². The molecule has 0 aliphatic heterocycles. The smallest absolute Gasteiger partial charge is 0.280 e. The Morgan fingerprint density at radius 1 is 1.14 bits per heavy atom. The third-order valence-electron chi connectivity index (χ3n) is 3.83. The first-order valence-corrected chi connectivity index (χ1v) is 8.50. The average Bonchev–Trinajstić information content (AvgIpc) is 2.70. The molecular formula is C20H18FN3O4. The van der Waals surface area contributed by atoms with E-state index >= 15 is 0 Å². The molecule has 1 N–H and O–H groups in total. The highest BCUT2D eigenvalue weighted by Gasteiger charge is 2.18. The van der Waals surface area contributed by atoms with Crippen LogP contribution >= 0.6 is 0 Å². The molecule has 0 saturated heterocycles. The highest BCUT2D eigenvalue weighted by atomic mass is 19.1. The number of aromatic nitrogens is 2. The van der Waals surface area contributed by atoms with Crippen molar-refractivity contribution in [3.05, 3.63) is 76.5 Å². The first-order valence-electron chi connectivity index (χ1n) is 8.50. The summed E-state index contributed by atoms with van der Waals surface area (Å²) in [5, 5.41) is 6.80. The summed E-state index contributed by atoms with van der Waals surface area (Å²) < 4.78 is 24.6. The van der Waals surface area contributed by atoms with Crippen LogP contribution in [-0.4, -0.2) is 29.4 Å². The molecule has 8 heteroatoms. The van der Waals surface area contributed by atoms with Gasteiger partial charge in [0.1, 0.15) is 11.6 Å². The van der Waals surface area contributed by atoms with Crippen LogP contribution in [0, 0.1) is 5.82 Å². The number of carbonyl (C=O) groups is 1. The number of rotatable bonds is 6. The number of halogens is 1. The number of nitrogens with one attached hydrogen (secondary N) is 1. The summed E-state index contributed by atoms with van der Waals surface area (Å²) in [6.45, 7) is 2.42. The number of anilines is 1. The largest absolute Gasteiger partial charge is 0.494 e. The summed E-state index contributed by atoms with van der Waals surface area (Å²) in [5.41, 5.74) is 0.252. The summed E-state index contributed by atoms with van der Waals surface area (Å²) in [6.07, 6.45) is 0. The minimum absolute atomic E-state index is 0.0341. The molecule has 7 nitrogen and oxygen atoms in total. The normalized spacial score (nSPS) is 10.4. The highest BCUT2D eigenvalue weighted by Crippen LogP contribution is 2.19. The van der Waals surface area contributed by atoms with E-state index in [1.807, 2.05) is 6.92 Å². The molecule has 0 atom stereocenters. The van der Waals surface area contributed by atoms with Crippen molar-refractivity contribution in [3.8, 4) is 17.2 Å². The maximum atomic E-state index is 13.1. The molecule has 3 rings (SSSR count). The van der Waals surface area contributed by atoms with Crippen LogP contribution in [-0.2, 0) is 0 Å². The van der Waals surface area contributed by atoms with Crippen molar-refractivity contribution in [2.45, 2.75) is 6.92 Å². The van der Waals surface area contributed by atoms with Crippen molar-refractivity contribution in [1.82, 2.24) is 9.78 Å². The molecular weight excluding hydrogens is 365 g/mol. The van der Waals surface area contributed by atoms with Crippen molar-refractivity contribution in [3.63, 3.8) is 0 Å². The van der Waals surface area contributed by atoms with Crippen molar-refractivity contribution >= 4 is 11.6 Å². The van der Waals surface area contributed by atoms with Crippen LogP contribution in [0.5, 0.6) is 11.5 Å². The van der Waals surface area contributed by atoms with E-state index in [9.17, 15) is 14.0 Å². The fourth-order valence-corrected chi connectivity index (χ4v) is 2.51. The van der Waals surface area contributed by atoms with E-state index < -0.39 is 17.3 Å². The van der Waals surface area contributed by atoms with Crippen LogP contribution in [0.4, 0.5) is 10.1 Å². The molecule has 0 fully saturated rings. The molecule has 28 heavy (non-hydrogen) atoms. The lowest BCUT2D eigenvalue weighted by Crippen LogP contribution is -2.26. The lowest BCUT2D eigenvalue weighted by molar-refractivity contribution is 0.101. The van der Waals surface area contributed by atoms with Gasteiger partial charge in [0.25, 0.3) is 11.5 Å². The molecule has 0 aliphatic rings. The van der Waals surface area contributed by atoms with Gasteiger partial charge in [-0.1, -0.05) is 0 Å². The molecule has 0 bridgehead atoms. The zero-order chi connectivity index (χ0) is 20.1. The number of amides is 1. The van der Waals surface area contributed by atoms with Gasteiger partial charge < -0.3 is 14.8 Å². The fourth-order valence-electron chi connectivity index (χ4n) is 2.51. The Hall–Kier alpha value is -3.68. The minimum Gasteiger partial charge on any atom is -0.494 e. The molecule has 1 amide bonds. The third-order valence-corrected chi connectivity index (χ3v) is 3.83. The first-order chi connectivity index (χ1) is 13.5. The van der Waals surface area contributed by atoms with Gasteiger partial charge in [0, 0.05) is 5.69 Å². The molecule has 0 aliphatic carbocycles. The van der Waals surface area contributed by atoms with Gasteiger partial charge in [-0.25, -0.2) is 4.39 Å². The van der Waals surface area contributed by atoms with E-state index in [1.165, 1.54) is 31.4 Å². The predicted molar refractivity (Wildman–Crippen MR) is 102 cm³/mol. The minimum atomic E-state index is -0.558. The Kier molecular flexibility index (Phi) is 5.69. The second-order valence-corrected chi connectivity index (χ2v) is 5.70. The van der Waals surface area contributed by atoms with E-state index in [1.54, 1.807) is 24.3 Å². The van der Waals surface area contributed by atoms with Gasteiger partial charge in [0.05, 0.1) is 25.5 Å².